The number of halogens is 3. The second-order valence-electron chi connectivity index (χ2n) is 9.05. The lowest BCUT2D eigenvalue weighted by Gasteiger charge is -2.31. The van der Waals surface area contributed by atoms with Gasteiger partial charge in [-0.1, -0.05) is 37.1 Å². The maximum absolute atomic E-state index is 14.5. The van der Waals surface area contributed by atoms with Gasteiger partial charge in [-0.15, -0.1) is 0 Å². The van der Waals surface area contributed by atoms with E-state index in [1.165, 1.54) is 30.6 Å². The van der Waals surface area contributed by atoms with Crippen LogP contribution in [0.4, 0.5) is 18.0 Å². The molecule has 0 spiro atoms. The number of nitrogens with one attached hydrogen (secondary N) is 1. The highest BCUT2D eigenvalue weighted by Crippen LogP contribution is 2.47. The van der Waals surface area contributed by atoms with E-state index in [-0.39, 0.29) is 11.1 Å². The molecule has 178 valence electrons. The Bertz CT molecular complexity index is 1370. The van der Waals surface area contributed by atoms with Crippen molar-refractivity contribution in [3.8, 4) is 0 Å². The number of nitrogens with zero attached hydrogens (tertiary/aromatic N) is 3. The SMILES string of the molecule is Cn1cc(C(O)(c2ccc3c(cnn3C(=O)NCC3CCCC3)c2)C(F)(F)F)c2ccccc21. The van der Waals surface area contributed by atoms with Crippen molar-refractivity contribution in [2.24, 2.45) is 13.0 Å². The number of carbonyl (C=O) groups excluding carboxylic acids is 1. The minimum Gasteiger partial charge on any atom is -0.372 e. The zero-order chi connectivity index (χ0) is 24.1. The van der Waals surface area contributed by atoms with E-state index in [0.29, 0.717) is 34.3 Å². The number of carbonyl (C=O) groups is 1. The first-order valence-corrected chi connectivity index (χ1v) is 11.3. The Morgan fingerprint density at radius 2 is 1.88 bits per heavy atom. The Balaban J connectivity index is 1.54. The molecule has 6 nitrogen and oxygen atoms in total. The van der Waals surface area contributed by atoms with Crippen molar-refractivity contribution in [3.05, 3.63) is 66.0 Å². The molecule has 0 saturated heterocycles. The molecule has 1 aliphatic carbocycles. The van der Waals surface area contributed by atoms with Crippen molar-refractivity contribution in [1.82, 2.24) is 19.7 Å². The van der Waals surface area contributed by atoms with Crippen molar-refractivity contribution in [2.45, 2.75) is 37.5 Å². The van der Waals surface area contributed by atoms with Gasteiger partial charge in [0.15, 0.2) is 0 Å². The van der Waals surface area contributed by atoms with Crippen molar-refractivity contribution in [1.29, 1.82) is 0 Å². The Hall–Kier alpha value is -3.33. The largest absolute Gasteiger partial charge is 0.425 e. The molecule has 2 N–H and O–H groups in total. The number of para-hydroxylation sites is 1. The standard InChI is InChI=1S/C25H25F3N4O2/c1-31-15-20(19-8-4-5-9-22(19)31)24(34,25(26,27)28)18-10-11-21-17(12-18)14-30-32(21)23(33)29-13-16-6-2-3-7-16/h4-5,8-12,14-16,34H,2-3,6-7,13H2,1H3,(H,29,33). The lowest BCUT2D eigenvalue weighted by atomic mass is 9.85. The number of alkyl halides is 3. The molecule has 5 rings (SSSR count). The van der Waals surface area contributed by atoms with Gasteiger partial charge in [-0.2, -0.15) is 23.0 Å². The van der Waals surface area contributed by atoms with Crippen LogP contribution in [-0.4, -0.2) is 38.2 Å². The predicted molar refractivity (Wildman–Crippen MR) is 122 cm³/mol. The summed E-state index contributed by atoms with van der Waals surface area (Å²) in [6, 6.07) is 10.1. The smallest absolute Gasteiger partial charge is 0.372 e. The van der Waals surface area contributed by atoms with Crippen LogP contribution < -0.4 is 5.32 Å². The molecule has 9 heteroatoms. The van der Waals surface area contributed by atoms with Crippen LogP contribution in [0.5, 0.6) is 0 Å². The van der Waals surface area contributed by atoms with Gasteiger partial charge >= 0.3 is 12.2 Å². The highest BCUT2D eigenvalue weighted by molar-refractivity contribution is 5.91. The highest BCUT2D eigenvalue weighted by atomic mass is 19.4. The third-order valence-electron chi connectivity index (χ3n) is 6.89. The fourth-order valence-corrected chi connectivity index (χ4v) is 5.04. The van der Waals surface area contributed by atoms with Crippen LogP contribution in [0.3, 0.4) is 0 Å². The van der Waals surface area contributed by atoms with Gasteiger partial charge in [0.25, 0.3) is 0 Å². The summed E-state index contributed by atoms with van der Waals surface area (Å²) in [4.78, 5) is 12.6. The van der Waals surface area contributed by atoms with Gasteiger partial charge < -0.3 is 15.0 Å². The number of hydrogen-bond donors (Lipinski definition) is 2. The van der Waals surface area contributed by atoms with Crippen molar-refractivity contribution in [2.75, 3.05) is 6.54 Å². The molecule has 34 heavy (non-hydrogen) atoms. The van der Waals surface area contributed by atoms with Crippen molar-refractivity contribution >= 4 is 27.8 Å². The molecule has 1 amide bonds. The molecule has 0 aliphatic heterocycles. The first kappa shape index (κ1) is 22.5. The maximum Gasteiger partial charge on any atom is 0.425 e. The molecule has 2 aromatic heterocycles. The Morgan fingerprint density at radius 1 is 1.15 bits per heavy atom. The van der Waals surface area contributed by atoms with E-state index in [9.17, 15) is 23.1 Å². The van der Waals surface area contributed by atoms with Crippen LogP contribution in [-0.2, 0) is 12.6 Å². The van der Waals surface area contributed by atoms with Gasteiger partial charge in [-0.05, 0) is 42.5 Å². The molecule has 1 fully saturated rings. The van der Waals surface area contributed by atoms with Crippen LogP contribution >= 0.6 is 0 Å². The third kappa shape index (κ3) is 3.55. The van der Waals surface area contributed by atoms with Gasteiger partial charge in [0, 0.05) is 41.6 Å². The summed E-state index contributed by atoms with van der Waals surface area (Å²) in [6.07, 6.45) is 2.14. The molecular formula is C25H25F3N4O2. The number of hydrogen-bond acceptors (Lipinski definition) is 3. The number of aliphatic hydroxyl groups is 1. The normalized spacial score (nSPS) is 16.9. The summed E-state index contributed by atoms with van der Waals surface area (Å²) in [5.74, 6) is 0.444. The Labute approximate surface area is 194 Å². The van der Waals surface area contributed by atoms with Crippen LogP contribution in [0.2, 0.25) is 0 Å². The first-order chi connectivity index (χ1) is 16.2. The summed E-state index contributed by atoms with van der Waals surface area (Å²) < 4.78 is 46.1. The summed E-state index contributed by atoms with van der Waals surface area (Å²) in [5.41, 5.74) is -2.88. The van der Waals surface area contributed by atoms with Crippen LogP contribution in [0.1, 0.15) is 36.8 Å². The molecule has 2 heterocycles. The van der Waals surface area contributed by atoms with Crippen LogP contribution in [0, 0.1) is 5.92 Å². The van der Waals surface area contributed by atoms with E-state index in [1.54, 1.807) is 35.9 Å². The molecule has 2 aromatic carbocycles. The molecule has 0 radical (unpaired) electrons. The van der Waals surface area contributed by atoms with Gasteiger partial charge in [0.05, 0.1) is 11.7 Å². The summed E-state index contributed by atoms with van der Waals surface area (Å²) in [6.45, 7) is 0.549. The van der Waals surface area contributed by atoms with E-state index in [2.05, 4.69) is 10.4 Å². The van der Waals surface area contributed by atoms with E-state index in [0.717, 1.165) is 30.4 Å². The van der Waals surface area contributed by atoms with Gasteiger partial charge in [-0.25, -0.2) is 4.79 Å². The topological polar surface area (TPSA) is 72.1 Å². The zero-order valence-electron chi connectivity index (χ0n) is 18.6. The summed E-state index contributed by atoms with van der Waals surface area (Å²) in [5, 5.41) is 18.8. The second-order valence-corrected chi connectivity index (χ2v) is 9.05. The minimum absolute atomic E-state index is 0.251. The molecule has 4 aromatic rings. The fourth-order valence-electron chi connectivity index (χ4n) is 5.04. The predicted octanol–water partition coefficient (Wildman–Crippen LogP) is 5.07. The monoisotopic (exact) mass is 470 g/mol. The molecular weight excluding hydrogens is 445 g/mol. The van der Waals surface area contributed by atoms with E-state index in [4.69, 9.17) is 0 Å². The van der Waals surface area contributed by atoms with Gasteiger partial charge in [0.2, 0.25) is 5.60 Å². The average molecular weight is 470 g/mol. The first-order valence-electron chi connectivity index (χ1n) is 11.3. The number of aryl methyl sites for hydroxylation is 1. The van der Waals surface area contributed by atoms with Gasteiger partial charge in [-0.3, -0.25) is 0 Å². The fraction of sp³-hybridized carbons (Fsp3) is 0.360. The van der Waals surface area contributed by atoms with Gasteiger partial charge in [0.1, 0.15) is 0 Å². The van der Waals surface area contributed by atoms with Crippen LogP contribution in [0.25, 0.3) is 21.8 Å². The minimum atomic E-state index is -4.99. The number of benzene rings is 2. The zero-order valence-corrected chi connectivity index (χ0v) is 18.6. The second kappa shape index (κ2) is 8.16. The number of amides is 1. The van der Waals surface area contributed by atoms with E-state index >= 15 is 0 Å². The van der Waals surface area contributed by atoms with E-state index in [1.807, 2.05) is 0 Å². The summed E-state index contributed by atoms with van der Waals surface area (Å²) >= 11 is 0. The molecule has 1 aliphatic rings. The molecule has 0 bridgehead atoms. The number of rotatable bonds is 4. The van der Waals surface area contributed by atoms with Crippen molar-refractivity contribution < 1.29 is 23.1 Å². The van der Waals surface area contributed by atoms with Crippen molar-refractivity contribution in [3.63, 3.8) is 0 Å². The quantitative estimate of drug-likeness (QED) is 0.437. The Morgan fingerprint density at radius 3 is 2.62 bits per heavy atom. The summed E-state index contributed by atoms with van der Waals surface area (Å²) in [7, 11) is 1.64. The number of fused-ring (bicyclic) bond motifs is 2. The van der Waals surface area contributed by atoms with E-state index < -0.39 is 17.8 Å². The molecule has 1 unspecified atom stereocenters. The van der Waals surface area contributed by atoms with Crippen LogP contribution in [0.15, 0.2) is 54.9 Å². The maximum atomic E-state index is 14.5. The lowest BCUT2D eigenvalue weighted by molar-refractivity contribution is -0.247. The third-order valence-corrected chi connectivity index (χ3v) is 6.89. The highest BCUT2D eigenvalue weighted by Gasteiger charge is 2.57. The number of aromatic nitrogens is 3. The molecule has 1 atom stereocenters. The average Bonchev–Trinajstić information content (AvgIpc) is 3.55. The molecule has 1 saturated carbocycles. The lowest BCUT2D eigenvalue weighted by Crippen LogP contribution is -2.43. The Kier molecular flexibility index (Phi) is 5.39.